The summed E-state index contributed by atoms with van der Waals surface area (Å²) < 4.78 is 5.46. The highest BCUT2D eigenvalue weighted by atomic mass is 32.2. The second-order valence-corrected chi connectivity index (χ2v) is 8.35. The maximum absolute atomic E-state index is 12.6. The van der Waals surface area contributed by atoms with Crippen molar-refractivity contribution in [2.24, 2.45) is 0 Å². The van der Waals surface area contributed by atoms with E-state index in [2.05, 4.69) is 17.4 Å². The topological polar surface area (TPSA) is 95.9 Å². The maximum atomic E-state index is 12.6. The van der Waals surface area contributed by atoms with Gasteiger partial charge in [0.15, 0.2) is 0 Å². The molecule has 4 rings (SSSR count). The third-order valence-electron chi connectivity index (χ3n) is 5.50. The third kappa shape index (κ3) is 3.75. The lowest BCUT2D eigenvalue weighted by molar-refractivity contribution is -0.148. The average molecular weight is 426 g/mol. The Morgan fingerprint density at radius 3 is 2.33 bits per heavy atom. The van der Waals surface area contributed by atoms with Crippen molar-refractivity contribution in [1.82, 2.24) is 10.2 Å². The van der Waals surface area contributed by atoms with Crippen LogP contribution >= 0.6 is 11.8 Å². The quantitative estimate of drug-likeness (QED) is 0.763. The number of carbonyl (C=O) groups is 3. The fourth-order valence-electron chi connectivity index (χ4n) is 3.99. The van der Waals surface area contributed by atoms with E-state index in [0.717, 1.165) is 22.3 Å². The number of amides is 2. The molecule has 156 valence electrons. The number of fused-ring (bicyclic) bond motifs is 3. The molecule has 1 aliphatic heterocycles. The van der Waals surface area contributed by atoms with Crippen molar-refractivity contribution < 1.29 is 24.2 Å². The number of hydrogen-bond donors (Lipinski definition) is 2. The minimum Gasteiger partial charge on any atom is -0.480 e. The summed E-state index contributed by atoms with van der Waals surface area (Å²) in [7, 11) is 0. The van der Waals surface area contributed by atoms with E-state index in [1.54, 1.807) is 0 Å². The zero-order chi connectivity index (χ0) is 21.3. The molecule has 0 saturated carbocycles. The molecular weight excluding hydrogens is 404 g/mol. The van der Waals surface area contributed by atoms with E-state index in [0.29, 0.717) is 11.6 Å². The monoisotopic (exact) mass is 426 g/mol. The van der Waals surface area contributed by atoms with Gasteiger partial charge in [0.05, 0.1) is 5.88 Å². The van der Waals surface area contributed by atoms with E-state index >= 15 is 0 Å². The van der Waals surface area contributed by atoms with E-state index in [-0.39, 0.29) is 12.5 Å². The Balaban J connectivity index is 1.38. The predicted octanol–water partition coefficient (Wildman–Crippen LogP) is 2.90. The third-order valence-corrected chi connectivity index (χ3v) is 6.51. The molecule has 2 aliphatic rings. The lowest BCUT2D eigenvalue weighted by Gasteiger charge is -2.24. The van der Waals surface area contributed by atoms with Crippen LogP contribution in [0.2, 0.25) is 0 Å². The molecule has 1 fully saturated rings. The number of hydrogen-bond acceptors (Lipinski definition) is 5. The molecule has 1 heterocycles. The van der Waals surface area contributed by atoms with Crippen molar-refractivity contribution in [3.63, 3.8) is 0 Å². The number of rotatable bonds is 5. The van der Waals surface area contributed by atoms with Crippen LogP contribution in [0.4, 0.5) is 4.79 Å². The van der Waals surface area contributed by atoms with Gasteiger partial charge in [0.25, 0.3) is 0 Å². The van der Waals surface area contributed by atoms with Crippen molar-refractivity contribution in [2.45, 2.75) is 24.9 Å². The summed E-state index contributed by atoms with van der Waals surface area (Å²) >= 11 is 1.38. The number of ether oxygens (including phenoxy) is 1. The molecule has 2 amide bonds. The molecule has 2 atom stereocenters. The molecule has 1 unspecified atom stereocenters. The van der Waals surface area contributed by atoms with Gasteiger partial charge in [-0.2, -0.15) is 0 Å². The molecule has 2 aromatic rings. The number of carboxylic acids is 1. The fourth-order valence-corrected chi connectivity index (χ4v) is 5.15. The average Bonchev–Trinajstić information content (AvgIpc) is 3.35. The lowest BCUT2D eigenvalue weighted by Crippen LogP contribution is -2.51. The van der Waals surface area contributed by atoms with E-state index in [9.17, 15) is 19.5 Å². The Bertz CT molecular complexity index is 949. The lowest BCUT2D eigenvalue weighted by atomic mass is 9.98. The molecule has 0 bridgehead atoms. The zero-order valence-electron chi connectivity index (χ0n) is 16.4. The van der Waals surface area contributed by atoms with Crippen LogP contribution in [0.5, 0.6) is 0 Å². The van der Waals surface area contributed by atoms with Crippen LogP contribution in [-0.2, 0) is 14.3 Å². The Hall–Kier alpha value is -3.00. The van der Waals surface area contributed by atoms with Gasteiger partial charge in [-0.25, -0.2) is 9.59 Å². The second kappa shape index (κ2) is 8.39. The molecule has 30 heavy (non-hydrogen) atoms. The first-order chi connectivity index (χ1) is 14.5. The number of nitrogens with zero attached hydrogens (tertiary/aromatic N) is 1. The van der Waals surface area contributed by atoms with Crippen LogP contribution in [0.15, 0.2) is 48.5 Å². The van der Waals surface area contributed by atoms with Crippen LogP contribution < -0.4 is 5.32 Å². The first-order valence-electron chi connectivity index (χ1n) is 9.70. The molecule has 2 aromatic carbocycles. The van der Waals surface area contributed by atoms with E-state index in [4.69, 9.17) is 4.74 Å². The molecule has 0 aromatic heterocycles. The van der Waals surface area contributed by atoms with Crippen molar-refractivity contribution in [1.29, 1.82) is 0 Å². The largest absolute Gasteiger partial charge is 0.480 e. The van der Waals surface area contributed by atoms with Crippen molar-refractivity contribution in [3.05, 3.63) is 59.7 Å². The minimum absolute atomic E-state index is 0.0690. The van der Waals surface area contributed by atoms with Gasteiger partial charge in [0, 0.05) is 11.7 Å². The first kappa shape index (κ1) is 20.3. The Morgan fingerprint density at radius 1 is 1.13 bits per heavy atom. The smallest absolute Gasteiger partial charge is 0.407 e. The predicted molar refractivity (Wildman–Crippen MR) is 113 cm³/mol. The van der Waals surface area contributed by atoms with E-state index in [1.807, 2.05) is 36.4 Å². The maximum Gasteiger partial charge on any atom is 0.407 e. The SMILES string of the molecule is C[C@@H](NC(=O)OCC1c2ccccc2-c2ccccc21)C(=O)N1CSCC1C(=O)O. The zero-order valence-corrected chi connectivity index (χ0v) is 17.2. The van der Waals surface area contributed by atoms with Gasteiger partial charge in [-0.3, -0.25) is 4.79 Å². The van der Waals surface area contributed by atoms with E-state index in [1.165, 1.54) is 23.6 Å². The minimum atomic E-state index is -1.04. The summed E-state index contributed by atoms with van der Waals surface area (Å²) in [5.41, 5.74) is 4.48. The highest BCUT2D eigenvalue weighted by molar-refractivity contribution is 7.99. The standard InChI is InChI=1S/C22H22N2O5S/c1-13(20(25)24-12-30-11-19(24)21(26)27)23-22(28)29-10-18-16-8-4-2-6-14(16)15-7-3-5-9-17(15)18/h2-9,13,18-19H,10-12H2,1H3,(H,23,28)(H,26,27)/t13-,19?/m1/s1. The molecule has 1 aliphatic carbocycles. The van der Waals surface area contributed by atoms with Gasteiger partial charge in [0.2, 0.25) is 5.91 Å². The number of carboxylic acid groups (broad SMARTS) is 1. The molecule has 2 N–H and O–H groups in total. The molecule has 1 saturated heterocycles. The molecule has 0 spiro atoms. The Kier molecular flexibility index (Phi) is 5.67. The first-order valence-corrected chi connectivity index (χ1v) is 10.9. The van der Waals surface area contributed by atoms with E-state index < -0.39 is 30.1 Å². The van der Waals surface area contributed by atoms with Crippen LogP contribution in [0.1, 0.15) is 24.0 Å². The Morgan fingerprint density at radius 2 is 1.73 bits per heavy atom. The van der Waals surface area contributed by atoms with Gasteiger partial charge < -0.3 is 20.1 Å². The van der Waals surface area contributed by atoms with Gasteiger partial charge in [-0.1, -0.05) is 48.5 Å². The van der Waals surface area contributed by atoms with Crippen LogP contribution in [0.25, 0.3) is 11.1 Å². The van der Waals surface area contributed by atoms with Gasteiger partial charge in [-0.05, 0) is 29.2 Å². The number of carbonyl (C=O) groups excluding carboxylic acids is 2. The van der Waals surface area contributed by atoms with Crippen molar-refractivity contribution >= 4 is 29.7 Å². The van der Waals surface area contributed by atoms with Crippen molar-refractivity contribution in [2.75, 3.05) is 18.2 Å². The summed E-state index contributed by atoms with van der Waals surface area (Å²) in [4.78, 5) is 37.5. The van der Waals surface area contributed by atoms with Gasteiger partial charge >= 0.3 is 12.1 Å². The van der Waals surface area contributed by atoms with Crippen LogP contribution in [-0.4, -0.2) is 58.3 Å². The molecule has 7 nitrogen and oxygen atoms in total. The summed E-state index contributed by atoms with van der Waals surface area (Å²) in [5, 5.41) is 11.8. The number of nitrogens with one attached hydrogen (secondary N) is 1. The van der Waals surface area contributed by atoms with Gasteiger partial charge in [0.1, 0.15) is 18.7 Å². The Labute approximate surface area is 178 Å². The summed E-state index contributed by atoms with van der Waals surface area (Å²) in [5.74, 6) is -0.895. The number of thioether (sulfide) groups is 1. The molecule has 8 heteroatoms. The number of aliphatic carboxylic acids is 1. The summed E-state index contributed by atoms with van der Waals surface area (Å²) in [6.07, 6.45) is -0.698. The second-order valence-electron chi connectivity index (χ2n) is 7.35. The van der Waals surface area contributed by atoms with Crippen LogP contribution in [0, 0.1) is 0 Å². The van der Waals surface area contributed by atoms with Crippen LogP contribution in [0.3, 0.4) is 0 Å². The number of alkyl carbamates (subject to hydrolysis) is 1. The van der Waals surface area contributed by atoms with Crippen molar-refractivity contribution in [3.8, 4) is 11.1 Å². The molecule has 0 radical (unpaired) electrons. The highest BCUT2D eigenvalue weighted by Gasteiger charge is 2.37. The normalized spacial score (nSPS) is 18.4. The fraction of sp³-hybridized carbons (Fsp3) is 0.318. The number of benzene rings is 2. The highest BCUT2D eigenvalue weighted by Crippen LogP contribution is 2.44. The summed E-state index contributed by atoms with van der Waals surface area (Å²) in [6, 6.07) is 14.3. The van der Waals surface area contributed by atoms with Gasteiger partial charge in [-0.15, -0.1) is 11.8 Å². The molecular formula is C22H22N2O5S. The summed E-state index contributed by atoms with van der Waals surface area (Å²) in [6.45, 7) is 1.68.